The van der Waals surface area contributed by atoms with Crippen LogP contribution in [-0.2, 0) is 10.0 Å². The largest absolute Gasteiger partial charge is 0.355 e. The first-order valence-electron chi connectivity index (χ1n) is 7.18. The molecule has 0 bridgehead atoms. The third kappa shape index (κ3) is 3.09. The number of anilines is 1. The highest BCUT2D eigenvalue weighted by Gasteiger charge is 2.43. The molecule has 3 rings (SSSR count). The molecule has 7 heteroatoms. The second-order valence-corrected chi connectivity index (χ2v) is 7.31. The quantitative estimate of drug-likeness (QED) is 0.794. The van der Waals surface area contributed by atoms with Gasteiger partial charge in [0.05, 0.1) is 12.4 Å². The maximum Gasteiger partial charge on any atom is 0.243 e. The molecular weight excluding hydrogens is 276 g/mol. The van der Waals surface area contributed by atoms with E-state index in [9.17, 15) is 8.42 Å². The molecule has 20 heavy (non-hydrogen) atoms. The molecule has 1 aromatic rings. The Bertz CT molecular complexity index is 553. The molecule has 0 saturated heterocycles. The van der Waals surface area contributed by atoms with Crippen LogP contribution < -0.4 is 10.0 Å². The first-order chi connectivity index (χ1) is 9.60. The minimum Gasteiger partial charge on any atom is -0.355 e. The Morgan fingerprint density at radius 2 is 1.75 bits per heavy atom. The van der Waals surface area contributed by atoms with Gasteiger partial charge in [-0.25, -0.2) is 23.1 Å². The Morgan fingerprint density at radius 1 is 1.20 bits per heavy atom. The maximum atomic E-state index is 12.4. The van der Waals surface area contributed by atoms with Crippen LogP contribution in [0.5, 0.6) is 0 Å². The third-order valence-electron chi connectivity index (χ3n) is 3.82. The smallest absolute Gasteiger partial charge is 0.243 e. The van der Waals surface area contributed by atoms with Gasteiger partial charge in [-0.2, -0.15) is 0 Å². The van der Waals surface area contributed by atoms with E-state index in [1.165, 1.54) is 12.4 Å². The molecule has 0 spiro atoms. The van der Waals surface area contributed by atoms with Gasteiger partial charge in [-0.3, -0.25) is 0 Å². The molecule has 1 aromatic heterocycles. The van der Waals surface area contributed by atoms with Crippen LogP contribution in [-0.4, -0.2) is 31.0 Å². The average Bonchev–Trinajstić information content (AvgIpc) is 3.29. The van der Waals surface area contributed by atoms with Crippen molar-refractivity contribution in [1.29, 1.82) is 0 Å². The normalized spacial score (nSPS) is 19.3. The van der Waals surface area contributed by atoms with Gasteiger partial charge in [0.1, 0.15) is 4.90 Å². The topological polar surface area (TPSA) is 84.0 Å². The maximum absolute atomic E-state index is 12.4. The van der Waals surface area contributed by atoms with Crippen LogP contribution in [0.4, 0.5) is 5.95 Å². The van der Waals surface area contributed by atoms with E-state index in [-0.39, 0.29) is 10.9 Å². The van der Waals surface area contributed by atoms with Crippen LogP contribution in [0.15, 0.2) is 17.3 Å². The Kier molecular flexibility index (Phi) is 3.64. The highest BCUT2D eigenvalue weighted by molar-refractivity contribution is 7.89. The van der Waals surface area contributed by atoms with E-state index in [0.717, 1.165) is 25.7 Å². The zero-order chi connectivity index (χ0) is 14.2. The summed E-state index contributed by atoms with van der Waals surface area (Å²) in [5, 5.41) is 2.95. The molecule has 0 aliphatic heterocycles. The summed E-state index contributed by atoms with van der Waals surface area (Å²) in [4.78, 5) is 8.19. The molecule has 2 fully saturated rings. The fraction of sp³-hybridized carbons (Fsp3) is 0.692. The monoisotopic (exact) mass is 296 g/mol. The van der Waals surface area contributed by atoms with Gasteiger partial charge in [-0.15, -0.1) is 0 Å². The summed E-state index contributed by atoms with van der Waals surface area (Å²) in [5.41, 5.74) is 0. The molecule has 0 atom stereocenters. The molecule has 0 amide bonds. The van der Waals surface area contributed by atoms with Crippen molar-refractivity contribution in [3.05, 3.63) is 12.4 Å². The first-order valence-corrected chi connectivity index (χ1v) is 8.66. The van der Waals surface area contributed by atoms with Crippen LogP contribution in [0.1, 0.15) is 32.6 Å². The van der Waals surface area contributed by atoms with E-state index in [0.29, 0.717) is 24.3 Å². The van der Waals surface area contributed by atoms with Crippen molar-refractivity contribution in [2.75, 3.05) is 11.9 Å². The summed E-state index contributed by atoms with van der Waals surface area (Å²) >= 11 is 0. The molecule has 2 saturated carbocycles. The van der Waals surface area contributed by atoms with Crippen molar-refractivity contribution >= 4 is 16.0 Å². The van der Waals surface area contributed by atoms with Gasteiger partial charge >= 0.3 is 0 Å². The van der Waals surface area contributed by atoms with E-state index < -0.39 is 10.0 Å². The molecule has 1 heterocycles. The van der Waals surface area contributed by atoms with Gasteiger partial charge in [0.15, 0.2) is 0 Å². The summed E-state index contributed by atoms with van der Waals surface area (Å²) in [6.45, 7) is 2.64. The SMILES string of the molecule is CCNc1ncc(S(=O)(=O)NC(C2CC2)C2CC2)cn1. The van der Waals surface area contributed by atoms with Crippen LogP contribution >= 0.6 is 0 Å². The van der Waals surface area contributed by atoms with Gasteiger partial charge in [0.2, 0.25) is 16.0 Å². The van der Waals surface area contributed by atoms with Crippen LogP contribution in [0.2, 0.25) is 0 Å². The van der Waals surface area contributed by atoms with E-state index in [1.54, 1.807) is 0 Å². The Labute approximate surface area is 119 Å². The van der Waals surface area contributed by atoms with E-state index >= 15 is 0 Å². The second kappa shape index (κ2) is 5.29. The number of aromatic nitrogens is 2. The van der Waals surface area contributed by atoms with Gasteiger partial charge in [-0.1, -0.05) is 0 Å². The van der Waals surface area contributed by atoms with Crippen molar-refractivity contribution in [2.24, 2.45) is 11.8 Å². The van der Waals surface area contributed by atoms with Crippen molar-refractivity contribution in [2.45, 2.75) is 43.5 Å². The minimum atomic E-state index is -3.50. The molecule has 110 valence electrons. The summed E-state index contributed by atoms with van der Waals surface area (Å²) in [6.07, 6.45) is 7.28. The highest BCUT2D eigenvalue weighted by atomic mass is 32.2. The van der Waals surface area contributed by atoms with Gasteiger partial charge in [0, 0.05) is 12.6 Å². The zero-order valence-corrected chi connectivity index (χ0v) is 12.4. The minimum absolute atomic E-state index is 0.105. The summed E-state index contributed by atoms with van der Waals surface area (Å²) in [7, 11) is -3.50. The van der Waals surface area contributed by atoms with E-state index in [4.69, 9.17) is 0 Å². The average molecular weight is 296 g/mol. The number of hydrogen-bond acceptors (Lipinski definition) is 5. The summed E-state index contributed by atoms with van der Waals surface area (Å²) in [6, 6.07) is 0.105. The third-order valence-corrected chi connectivity index (χ3v) is 5.24. The Morgan fingerprint density at radius 3 is 2.20 bits per heavy atom. The molecule has 0 radical (unpaired) electrons. The number of nitrogens with one attached hydrogen (secondary N) is 2. The number of nitrogens with zero attached hydrogens (tertiary/aromatic N) is 2. The zero-order valence-electron chi connectivity index (χ0n) is 11.5. The molecule has 0 aromatic carbocycles. The van der Waals surface area contributed by atoms with Crippen molar-refractivity contribution in [3.8, 4) is 0 Å². The predicted octanol–water partition coefficient (Wildman–Crippen LogP) is 1.38. The van der Waals surface area contributed by atoms with E-state index in [1.807, 2.05) is 6.92 Å². The molecule has 0 unspecified atom stereocenters. The summed E-state index contributed by atoms with van der Waals surface area (Å²) in [5.74, 6) is 1.51. The van der Waals surface area contributed by atoms with E-state index in [2.05, 4.69) is 20.0 Å². The number of sulfonamides is 1. The predicted molar refractivity (Wildman–Crippen MR) is 75.8 cm³/mol. The lowest BCUT2D eigenvalue weighted by atomic mass is 10.1. The lowest BCUT2D eigenvalue weighted by molar-refractivity contribution is 0.471. The number of hydrogen-bond donors (Lipinski definition) is 2. The molecule has 2 aliphatic carbocycles. The fourth-order valence-electron chi connectivity index (χ4n) is 2.44. The fourth-order valence-corrected chi connectivity index (χ4v) is 3.70. The summed E-state index contributed by atoms with van der Waals surface area (Å²) < 4.78 is 27.6. The lowest BCUT2D eigenvalue weighted by Gasteiger charge is -2.17. The highest BCUT2D eigenvalue weighted by Crippen LogP contribution is 2.45. The second-order valence-electron chi connectivity index (χ2n) is 5.59. The Hall–Kier alpha value is -1.21. The molecule has 2 N–H and O–H groups in total. The molecule has 6 nitrogen and oxygen atoms in total. The molecule has 2 aliphatic rings. The van der Waals surface area contributed by atoms with Crippen molar-refractivity contribution in [1.82, 2.24) is 14.7 Å². The van der Waals surface area contributed by atoms with Gasteiger partial charge in [0.25, 0.3) is 0 Å². The number of rotatable bonds is 7. The van der Waals surface area contributed by atoms with Gasteiger partial charge < -0.3 is 5.32 Å². The molecular formula is C13H20N4O2S. The first kappa shape index (κ1) is 13.8. The van der Waals surface area contributed by atoms with Crippen molar-refractivity contribution in [3.63, 3.8) is 0 Å². The van der Waals surface area contributed by atoms with Gasteiger partial charge in [-0.05, 0) is 44.4 Å². The van der Waals surface area contributed by atoms with Crippen molar-refractivity contribution < 1.29 is 8.42 Å². The standard InChI is InChI=1S/C13H20N4O2S/c1-2-14-13-15-7-11(8-16-13)20(18,19)17-12(9-3-4-9)10-5-6-10/h7-10,12,17H,2-6H2,1H3,(H,14,15,16). The van der Waals surface area contributed by atoms with Crippen LogP contribution in [0.25, 0.3) is 0 Å². The van der Waals surface area contributed by atoms with Crippen LogP contribution in [0, 0.1) is 11.8 Å². The Balaban J connectivity index is 1.73. The lowest BCUT2D eigenvalue weighted by Crippen LogP contribution is -2.38. The van der Waals surface area contributed by atoms with Crippen LogP contribution in [0.3, 0.4) is 0 Å².